The van der Waals surface area contributed by atoms with Gasteiger partial charge in [-0.15, -0.1) is 0 Å². The van der Waals surface area contributed by atoms with Crippen molar-refractivity contribution in [3.05, 3.63) is 17.5 Å². The minimum atomic E-state index is 0.356. The quantitative estimate of drug-likeness (QED) is 0.543. The average Bonchev–Trinajstić information content (AvgIpc) is 2.44. The molecule has 3 N–H and O–H groups in total. The molecule has 1 rings (SSSR count). The summed E-state index contributed by atoms with van der Waals surface area (Å²) in [6, 6.07) is 2.47. The molecular weight excluding hydrogens is 176 g/mol. The maximum absolute atomic E-state index is 5.48. The first-order valence-electron chi connectivity index (χ1n) is 5.13. The topological polar surface area (TPSA) is 55.9 Å². The molecule has 80 valence electrons. The van der Waals surface area contributed by atoms with Crippen LogP contribution in [0, 0.1) is 6.92 Å². The van der Waals surface area contributed by atoms with Crippen LogP contribution in [0.1, 0.15) is 31.2 Å². The van der Waals surface area contributed by atoms with Crippen molar-refractivity contribution in [3.63, 3.8) is 0 Å². The van der Waals surface area contributed by atoms with E-state index in [0.717, 1.165) is 25.0 Å². The SMILES string of the molecule is CCCC(Cc1cc(C)nn1C)NN. The largest absolute Gasteiger partial charge is 0.272 e. The minimum Gasteiger partial charge on any atom is -0.272 e. The van der Waals surface area contributed by atoms with E-state index in [9.17, 15) is 0 Å². The third kappa shape index (κ3) is 2.82. The fourth-order valence-corrected chi connectivity index (χ4v) is 1.70. The van der Waals surface area contributed by atoms with Gasteiger partial charge in [0.1, 0.15) is 0 Å². The number of aryl methyl sites for hydroxylation is 2. The number of rotatable bonds is 5. The molecule has 0 aliphatic heterocycles. The van der Waals surface area contributed by atoms with Crippen molar-refractivity contribution < 1.29 is 0 Å². The Morgan fingerprint density at radius 3 is 2.79 bits per heavy atom. The first kappa shape index (κ1) is 11.2. The predicted molar refractivity (Wildman–Crippen MR) is 57.7 cm³/mol. The fraction of sp³-hybridized carbons (Fsp3) is 0.700. The molecule has 14 heavy (non-hydrogen) atoms. The van der Waals surface area contributed by atoms with Crippen molar-refractivity contribution in [2.24, 2.45) is 12.9 Å². The molecule has 4 heteroatoms. The number of nitrogens with zero attached hydrogens (tertiary/aromatic N) is 2. The van der Waals surface area contributed by atoms with Gasteiger partial charge in [0.2, 0.25) is 0 Å². The van der Waals surface area contributed by atoms with Crippen molar-refractivity contribution in [1.29, 1.82) is 0 Å². The molecule has 4 nitrogen and oxygen atoms in total. The van der Waals surface area contributed by atoms with E-state index in [1.807, 2.05) is 18.7 Å². The van der Waals surface area contributed by atoms with Crippen molar-refractivity contribution in [3.8, 4) is 0 Å². The van der Waals surface area contributed by atoms with Crippen LogP contribution in [0.15, 0.2) is 6.07 Å². The van der Waals surface area contributed by atoms with E-state index in [2.05, 4.69) is 23.5 Å². The molecule has 0 saturated heterocycles. The van der Waals surface area contributed by atoms with Gasteiger partial charge in [0.05, 0.1) is 5.69 Å². The van der Waals surface area contributed by atoms with Gasteiger partial charge in [-0.25, -0.2) is 0 Å². The fourth-order valence-electron chi connectivity index (χ4n) is 1.70. The second kappa shape index (κ2) is 5.12. The van der Waals surface area contributed by atoms with Gasteiger partial charge in [0, 0.05) is 25.2 Å². The van der Waals surface area contributed by atoms with Gasteiger partial charge in [0.25, 0.3) is 0 Å². The summed E-state index contributed by atoms with van der Waals surface area (Å²) in [5, 5.41) is 4.31. The second-order valence-corrected chi connectivity index (χ2v) is 3.76. The number of nitrogens with two attached hydrogens (primary N) is 1. The van der Waals surface area contributed by atoms with Crippen LogP contribution in [0.5, 0.6) is 0 Å². The van der Waals surface area contributed by atoms with Crippen molar-refractivity contribution in [2.45, 2.75) is 39.2 Å². The smallest absolute Gasteiger partial charge is 0.0596 e. The number of hydrazine groups is 1. The zero-order valence-corrected chi connectivity index (χ0v) is 9.25. The van der Waals surface area contributed by atoms with E-state index in [-0.39, 0.29) is 0 Å². The lowest BCUT2D eigenvalue weighted by Gasteiger charge is -2.14. The summed E-state index contributed by atoms with van der Waals surface area (Å²) < 4.78 is 1.93. The molecule has 0 bridgehead atoms. The van der Waals surface area contributed by atoms with Crippen LogP contribution in [0.4, 0.5) is 0 Å². The summed E-state index contributed by atoms with van der Waals surface area (Å²) in [6.07, 6.45) is 3.19. The summed E-state index contributed by atoms with van der Waals surface area (Å²) in [5.41, 5.74) is 5.15. The summed E-state index contributed by atoms with van der Waals surface area (Å²) in [6.45, 7) is 4.17. The van der Waals surface area contributed by atoms with Crippen molar-refractivity contribution in [2.75, 3.05) is 0 Å². The van der Waals surface area contributed by atoms with E-state index < -0.39 is 0 Å². The standard InChI is InChI=1S/C10H20N4/c1-4-5-9(12-11)7-10-6-8(2)13-14(10)3/h6,9,12H,4-5,7,11H2,1-3H3. The summed E-state index contributed by atoms with van der Waals surface area (Å²) >= 11 is 0. The maximum Gasteiger partial charge on any atom is 0.0596 e. The Hall–Kier alpha value is -0.870. The third-order valence-corrected chi connectivity index (χ3v) is 2.43. The average molecular weight is 196 g/mol. The highest BCUT2D eigenvalue weighted by molar-refractivity contribution is 5.09. The number of hydrogen-bond donors (Lipinski definition) is 2. The van der Waals surface area contributed by atoms with E-state index in [1.54, 1.807) is 0 Å². The van der Waals surface area contributed by atoms with E-state index in [0.29, 0.717) is 6.04 Å². The molecule has 0 radical (unpaired) electrons. The molecule has 1 heterocycles. The molecule has 0 amide bonds. The van der Waals surface area contributed by atoms with Gasteiger partial charge in [-0.2, -0.15) is 5.10 Å². The molecule has 0 fully saturated rings. The molecule has 1 aromatic rings. The third-order valence-electron chi connectivity index (χ3n) is 2.43. The Balaban J connectivity index is 2.61. The van der Waals surface area contributed by atoms with Gasteiger partial charge in [0.15, 0.2) is 0 Å². The van der Waals surface area contributed by atoms with Crippen LogP contribution >= 0.6 is 0 Å². The Morgan fingerprint density at radius 2 is 2.36 bits per heavy atom. The summed E-state index contributed by atoms with van der Waals surface area (Å²) in [5.74, 6) is 5.48. The zero-order chi connectivity index (χ0) is 10.6. The second-order valence-electron chi connectivity index (χ2n) is 3.76. The van der Waals surface area contributed by atoms with Crippen LogP contribution in [-0.2, 0) is 13.5 Å². The highest BCUT2D eigenvalue weighted by atomic mass is 15.3. The maximum atomic E-state index is 5.48. The van der Waals surface area contributed by atoms with Crippen LogP contribution < -0.4 is 11.3 Å². The van der Waals surface area contributed by atoms with E-state index >= 15 is 0 Å². The molecule has 1 unspecified atom stereocenters. The van der Waals surface area contributed by atoms with Gasteiger partial charge >= 0.3 is 0 Å². The summed E-state index contributed by atoms with van der Waals surface area (Å²) in [4.78, 5) is 0. The first-order chi connectivity index (χ1) is 6.67. The van der Waals surface area contributed by atoms with E-state index in [4.69, 9.17) is 5.84 Å². The van der Waals surface area contributed by atoms with Crippen LogP contribution in [0.2, 0.25) is 0 Å². The lowest BCUT2D eigenvalue weighted by Crippen LogP contribution is -2.37. The number of nitrogens with one attached hydrogen (secondary N) is 1. The Bertz CT molecular complexity index is 280. The van der Waals surface area contributed by atoms with Gasteiger partial charge in [-0.1, -0.05) is 13.3 Å². The number of hydrogen-bond acceptors (Lipinski definition) is 3. The highest BCUT2D eigenvalue weighted by Crippen LogP contribution is 2.08. The molecule has 0 saturated carbocycles. The highest BCUT2D eigenvalue weighted by Gasteiger charge is 2.09. The minimum absolute atomic E-state index is 0.356. The molecule has 0 aliphatic rings. The zero-order valence-electron chi connectivity index (χ0n) is 9.25. The van der Waals surface area contributed by atoms with Crippen molar-refractivity contribution in [1.82, 2.24) is 15.2 Å². The molecule has 1 aromatic heterocycles. The Morgan fingerprint density at radius 1 is 1.64 bits per heavy atom. The van der Waals surface area contributed by atoms with Crippen molar-refractivity contribution >= 4 is 0 Å². The van der Waals surface area contributed by atoms with E-state index in [1.165, 1.54) is 5.69 Å². The summed E-state index contributed by atoms with van der Waals surface area (Å²) in [7, 11) is 1.97. The van der Waals surface area contributed by atoms with Gasteiger partial charge in [-0.3, -0.25) is 16.0 Å². The molecule has 0 aromatic carbocycles. The molecular formula is C10H20N4. The monoisotopic (exact) mass is 196 g/mol. The lowest BCUT2D eigenvalue weighted by molar-refractivity contribution is 0.473. The van der Waals surface area contributed by atoms with Crippen LogP contribution in [-0.4, -0.2) is 15.8 Å². The Labute approximate surface area is 85.5 Å². The van der Waals surface area contributed by atoms with Gasteiger partial charge in [-0.05, 0) is 19.4 Å². The van der Waals surface area contributed by atoms with Crippen LogP contribution in [0.25, 0.3) is 0 Å². The normalized spacial score (nSPS) is 13.1. The predicted octanol–water partition coefficient (Wildman–Crippen LogP) is 0.903. The molecule has 1 atom stereocenters. The first-order valence-corrected chi connectivity index (χ1v) is 5.13. The number of aromatic nitrogens is 2. The lowest BCUT2D eigenvalue weighted by atomic mass is 10.1. The molecule has 0 spiro atoms. The Kier molecular flexibility index (Phi) is 4.10. The van der Waals surface area contributed by atoms with Crippen LogP contribution in [0.3, 0.4) is 0 Å². The molecule has 0 aliphatic carbocycles. The van der Waals surface area contributed by atoms with Gasteiger partial charge < -0.3 is 0 Å².